The van der Waals surface area contributed by atoms with E-state index < -0.39 is 6.10 Å². The summed E-state index contributed by atoms with van der Waals surface area (Å²) in [6.45, 7) is 0. The van der Waals surface area contributed by atoms with Gasteiger partial charge in [0.15, 0.2) is 0 Å². The largest absolute Gasteiger partial charge is 0.382 e. The number of aliphatic hydroxyl groups is 1. The topological polar surface area (TPSA) is 50.9 Å². The molecule has 2 heterocycles. The number of aliphatic hydroxyl groups excluding tert-OH is 1. The van der Waals surface area contributed by atoms with E-state index in [1.807, 2.05) is 16.8 Å². The van der Waals surface area contributed by atoms with Crippen molar-refractivity contribution in [3.63, 3.8) is 0 Å². The molecule has 0 saturated carbocycles. The molecule has 1 atom stereocenters. The van der Waals surface area contributed by atoms with Crippen LogP contribution in [0.3, 0.4) is 0 Å². The molecule has 0 aliphatic rings. The van der Waals surface area contributed by atoms with Crippen LogP contribution in [-0.2, 0) is 7.05 Å². The molecule has 0 saturated heterocycles. The van der Waals surface area contributed by atoms with E-state index in [1.165, 1.54) is 0 Å². The Bertz CT molecular complexity index is 382. The highest BCUT2D eigenvalue weighted by Crippen LogP contribution is 2.22. The van der Waals surface area contributed by atoms with E-state index in [0.717, 1.165) is 5.56 Å². The van der Waals surface area contributed by atoms with E-state index in [-0.39, 0.29) is 0 Å². The predicted octanol–water partition coefficient (Wildman–Crippen LogP) is 0.958. The van der Waals surface area contributed by atoms with Gasteiger partial charge in [-0.3, -0.25) is 0 Å². The summed E-state index contributed by atoms with van der Waals surface area (Å²) in [5.74, 6) is 0. The van der Waals surface area contributed by atoms with Gasteiger partial charge < -0.3 is 5.11 Å². The summed E-state index contributed by atoms with van der Waals surface area (Å²) in [6.07, 6.45) is 0.953. The maximum Gasteiger partial charge on any atom is 0.123 e. The Morgan fingerprint density at radius 1 is 1.62 bits per heavy atom. The smallest absolute Gasteiger partial charge is 0.123 e. The Hall–Kier alpha value is -1.20. The van der Waals surface area contributed by atoms with Crippen LogP contribution in [0.5, 0.6) is 0 Å². The number of aryl methyl sites for hydroxylation is 1. The van der Waals surface area contributed by atoms with Crippen LogP contribution >= 0.6 is 11.3 Å². The highest BCUT2D eigenvalue weighted by atomic mass is 32.1. The summed E-state index contributed by atoms with van der Waals surface area (Å²) in [4.78, 5) is 0. The van der Waals surface area contributed by atoms with Crippen LogP contribution in [0.15, 0.2) is 23.0 Å². The van der Waals surface area contributed by atoms with Gasteiger partial charge in [-0.1, -0.05) is 5.21 Å². The minimum absolute atomic E-state index is 0.619. The number of hydrogen-bond donors (Lipinski definition) is 1. The number of rotatable bonds is 2. The minimum atomic E-state index is -0.619. The lowest BCUT2D eigenvalue weighted by Gasteiger charge is -2.07. The number of thiophene rings is 1. The molecule has 2 aromatic rings. The molecule has 4 nitrogen and oxygen atoms in total. The van der Waals surface area contributed by atoms with Crippen LogP contribution in [0.2, 0.25) is 0 Å². The van der Waals surface area contributed by atoms with Gasteiger partial charge in [-0.15, -0.1) is 5.10 Å². The Labute approximate surface area is 79.4 Å². The van der Waals surface area contributed by atoms with Crippen molar-refractivity contribution in [2.24, 2.45) is 7.05 Å². The Morgan fingerprint density at radius 2 is 2.46 bits per heavy atom. The van der Waals surface area contributed by atoms with Crippen LogP contribution in [0.25, 0.3) is 0 Å². The Balaban J connectivity index is 2.33. The number of aromatic nitrogens is 3. The van der Waals surface area contributed by atoms with Gasteiger partial charge in [0, 0.05) is 7.05 Å². The fourth-order valence-corrected chi connectivity index (χ4v) is 1.83. The van der Waals surface area contributed by atoms with Crippen LogP contribution in [0.4, 0.5) is 0 Å². The maximum atomic E-state index is 9.86. The fraction of sp³-hybridized carbons (Fsp3) is 0.250. The lowest BCUT2D eigenvalue weighted by molar-refractivity contribution is 0.210. The second kappa shape index (κ2) is 3.27. The zero-order valence-electron chi connectivity index (χ0n) is 7.08. The van der Waals surface area contributed by atoms with Crippen molar-refractivity contribution in [2.75, 3.05) is 0 Å². The first-order valence-corrected chi connectivity index (χ1v) is 4.78. The first-order chi connectivity index (χ1) is 6.29. The fourth-order valence-electron chi connectivity index (χ4n) is 1.15. The van der Waals surface area contributed by atoms with Crippen LogP contribution < -0.4 is 0 Å². The summed E-state index contributed by atoms with van der Waals surface area (Å²) < 4.78 is 1.57. The van der Waals surface area contributed by atoms with Crippen molar-refractivity contribution < 1.29 is 5.11 Å². The van der Waals surface area contributed by atoms with Gasteiger partial charge in [-0.05, 0) is 22.4 Å². The molecule has 0 aliphatic carbocycles. The lowest BCUT2D eigenvalue weighted by atomic mass is 10.1. The second-order valence-corrected chi connectivity index (χ2v) is 3.52. The molecule has 0 spiro atoms. The lowest BCUT2D eigenvalue weighted by Crippen LogP contribution is -2.05. The molecule has 1 unspecified atom stereocenters. The summed E-state index contributed by atoms with van der Waals surface area (Å²) in [6, 6.07) is 1.89. The molecule has 0 bridgehead atoms. The molecule has 2 aromatic heterocycles. The van der Waals surface area contributed by atoms with Gasteiger partial charge >= 0.3 is 0 Å². The van der Waals surface area contributed by atoms with Crippen molar-refractivity contribution in [1.82, 2.24) is 15.0 Å². The van der Waals surface area contributed by atoms with Gasteiger partial charge in [-0.2, -0.15) is 11.3 Å². The second-order valence-electron chi connectivity index (χ2n) is 2.74. The molecule has 0 radical (unpaired) electrons. The van der Waals surface area contributed by atoms with Crippen LogP contribution in [-0.4, -0.2) is 20.1 Å². The molecule has 2 rings (SSSR count). The Kier molecular flexibility index (Phi) is 2.12. The SMILES string of the molecule is Cn1nncc1C(O)c1ccsc1. The summed E-state index contributed by atoms with van der Waals surface area (Å²) in [7, 11) is 1.76. The molecule has 1 N–H and O–H groups in total. The molecule has 0 fully saturated rings. The van der Waals surface area contributed by atoms with E-state index in [1.54, 1.807) is 29.3 Å². The third kappa shape index (κ3) is 1.48. The first kappa shape index (κ1) is 8.40. The van der Waals surface area contributed by atoms with E-state index in [2.05, 4.69) is 10.3 Å². The number of nitrogens with zero attached hydrogens (tertiary/aromatic N) is 3. The van der Waals surface area contributed by atoms with Gasteiger partial charge in [-0.25, -0.2) is 4.68 Å². The molecule has 0 aliphatic heterocycles. The first-order valence-electron chi connectivity index (χ1n) is 3.84. The Morgan fingerprint density at radius 3 is 3.00 bits per heavy atom. The van der Waals surface area contributed by atoms with Gasteiger partial charge in [0.2, 0.25) is 0 Å². The third-order valence-corrected chi connectivity index (χ3v) is 2.59. The van der Waals surface area contributed by atoms with Crippen molar-refractivity contribution >= 4 is 11.3 Å². The van der Waals surface area contributed by atoms with E-state index in [4.69, 9.17) is 0 Å². The van der Waals surface area contributed by atoms with Crippen LogP contribution in [0.1, 0.15) is 17.4 Å². The van der Waals surface area contributed by atoms with Crippen LogP contribution in [0, 0.1) is 0 Å². The molecule has 0 amide bonds. The quantitative estimate of drug-likeness (QED) is 0.776. The molecular formula is C8H9N3OS. The number of hydrogen-bond acceptors (Lipinski definition) is 4. The van der Waals surface area contributed by atoms with E-state index >= 15 is 0 Å². The molecule has 5 heteroatoms. The molecular weight excluding hydrogens is 186 g/mol. The van der Waals surface area contributed by atoms with Gasteiger partial charge in [0.1, 0.15) is 6.10 Å². The zero-order chi connectivity index (χ0) is 9.26. The molecule has 13 heavy (non-hydrogen) atoms. The van der Waals surface area contributed by atoms with Crippen molar-refractivity contribution in [3.8, 4) is 0 Å². The van der Waals surface area contributed by atoms with Crippen molar-refractivity contribution in [3.05, 3.63) is 34.3 Å². The average molecular weight is 195 g/mol. The maximum absolute atomic E-state index is 9.86. The van der Waals surface area contributed by atoms with Gasteiger partial charge in [0.05, 0.1) is 11.9 Å². The van der Waals surface area contributed by atoms with Crippen molar-refractivity contribution in [1.29, 1.82) is 0 Å². The average Bonchev–Trinajstić information content (AvgIpc) is 2.72. The summed E-state index contributed by atoms with van der Waals surface area (Å²) >= 11 is 1.56. The van der Waals surface area contributed by atoms with E-state index in [0.29, 0.717) is 5.69 Å². The molecule has 0 aromatic carbocycles. The normalized spacial score (nSPS) is 13.1. The third-order valence-electron chi connectivity index (χ3n) is 1.89. The van der Waals surface area contributed by atoms with Gasteiger partial charge in [0.25, 0.3) is 0 Å². The highest BCUT2D eigenvalue weighted by Gasteiger charge is 2.14. The zero-order valence-corrected chi connectivity index (χ0v) is 7.90. The highest BCUT2D eigenvalue weighted by molar-refractivity contribution is 7.07. The summed E-state index contributed by atoms with van der Waals surface area (Å²) in [5, 5.41) is 21.2. The summed E-state index contributed by atoms with van der Waals surface area (Å²) in [5.41, 5.74) is 1.59. The monoisotopic (exact) mass is 195 g/mol. The predicted molar refractivity (Wildman–Crippen MR) is 49.4 cm³/mol. The minimum Gasteiger partial charge on any atom is -0.382 e. The van der Waals surface area contributed by atoms with Crippen molar-refractivity contribution in [2.45, 2.75) is 6.10 Å². The molecule has 68 valence electrons. The standard InChI is InChI=1S/C8H9N3OS/c1-11-7(4-9-10-11)8(12)6-2-3-13-5-6/h2-5,8,12H,1H3. The van der Waals surface area contributed by atoms with E-state index in [9.17, 15) is 5.11 Å².